The van der Waals surface area contributed by atoms with Crippen LogP contribution >= 0.6 is 11.6 Å². The molecule has 10 nitrogen and oxygen atoms in total. The van der Waals surface area contributed by atoms with Gasteiger partial charge in [0.25, 0.3) is 15.9 Å². The largest absolute Gasteiger partial charge is 0.486 e. The summed E-state index contributed by atoms with van der Waals surface area (Å²) < 4.78 is 46.7. The van der Waals surface area contributed by atoms with Crippen LogP contribution in [0.4, 0.5) is 5.69 Å². The van der Waals surface area contributed by atoms with Crippen molar-refractivity contribution in [3.8, 4) is 17.2 Å². The Labute approximate surface area is 250 Å². The Kier molecular flexibility index (Phi) is 8.84. The van der Waals surface area contributed by atoms with E-state index in [4.69, 9.17) is 25.8 Å². The van der Waals surface area contributed by atoms with Crippen LogP contribution in [0.25, 0.3) is 0 Å². The van der Waals surface area contributed by atoms with E-state index in [1.165, 1.54) is 24.3 Å². The summed E-state index contributed by atoms with van der Waals surface area (Å²) in [5, 5.41) is 10.4. The molecule has 1 amide bonds. The summed E-state index contributed by atoms with van der Waals surface area (Å²) in [6.07, 6.45) is -0.426. The van der Waals surface area contributed by atoms with E-state index in [1.807, 2.05) is 32.2 Å². The molecule has 2 heterocycles. The SMILES string of the molecule is C[C@@H]1CN([C@H](C)CO)C(=O)c2cccc(NS(=O)(=O)c3ccc(Cl)cc3)c2O[C@@H]1CN(C)Cc1ccc2c(c1)OCO2. The van der Waals surface area contributed by atoms with Crippen molar-refractivity contribution >= 4 is 33.2 Å². The molecular weight excluding hydrogens is 582 g/mol. The van der Waals surface area contributed by atoms with Crippen molar-refractivity contribution < 1.29 is 32.5 Å². The maximum absolute atomic E-state index is 13.7. The number of benzene rings is 3. The number of hydrogen-bond acceptors (Lipinski definition) is 8. The fourth-order valence-corrected chi connectivity index (χ4v) is 6.27. The van der Waals surface area contributed by atoms with Crippen LogP contribution in [0.3, 0.4) is 0 Å². The summed E-state index contributed by atoms with van der Waals surface area (Å²) in [4.78, 5) is 17.5. The second kappa shape index (κ2) is 12.4. The zero-order chi connectivity index (χ0) is 30.0. The van der Waals surface area contributed by atoms with Crippen molar-refractivity contribution in [2.75, 3.05) is 38.3 Å². The second-order valence-corrected chi connectivity index (χ2v) is 12.9. The van der Waals surface area contributed by atoms with Crippen molar-refractivity contribution in [2.24, 2.45) is 5.92 Å². The summed E-state index contributed by atoms with van der Waals surface area (Å²) in [6, 6.07) is 15.9. The number of carbonyl (C=O) groups is 1. The minimum atomic E-state index is -4.02. The van der Waals surface area contributed by atoms with Crippen LogP contribution in [-0.2, 0) is 16.6 Å². The number of nitrogens with one attached hydrogen (secondary N) is 1. The third-order valence-electron chi connectivity index (χ3n) is 7.44. The van der Waals surface area contributed by atoms with Gasteiger partial charge in [0.1, 0.15) is 6.10 Å². The van der Waals surface area contributed by atoms with E-state index in [-0.39, 0.29) is 47.1 Å². The average molecular weight is 616 g/mol. The molecule has 2 aliphatic heterocycles. The normalized spacial score (nSPS) is 19.1. The monoisotopic (exact) mass is 615 g/mol. The molecule has 2 aliphatic rings. The first-order chi connectivity index (χ1) is 20.1. The molecule has 0 unspecified atom stereocenters. The van der Waals surface area contributed by atoms with E-state index in [0.717, 1.165) is 5.56 Å². The smallest absolute Gasteiger partial charge is 0.262 e. The molecule has 0 spiro atoms. The lowest BCUT2D eigenvalue weighted by Gasteiger charge is -2.38. The summed E-state index contributed by atoms with van der Waals surface area (Å²) >= 11 is 5.95. The highest BCUT2D eigenvalue weighted by Gasteiger charge is 2.35. The Morgan fingerprint density at radius 3 is 2.60 bits per heavy atom. The summed E-state index contributed by atoms with van der Waals surface area (Å²) in [6.45, 7) is 5.16. The number of carbonyl (C=O) groups excluding carboxylic acids is 1. The van der Waals surface area contributed by atoms with Gasteiger partial charge in [-0.2, -0.15) is 0 Å². The molecule has 0 fully saturated rings. The number of aliphatic hydroxyl groups excluding tert-OH is 1. The third-order valence-corrected chi connectivity index (χ3v) is 9.07. The lowest BCUT2D eigenvalue weighted by Crippen LogP contribution is -2.49. The Balaban J connectivity index is 1.46. The molecule has 12 heteroatoms. The van der Waals surface area contributed by atoms with Crippen molar-refractivity contribution in [1.82, 2.24) is 9.80 Å². The van der Waals surface area contributed by atoms with Crippen LogP contribution < -0.4 is 18.9 Å². The Bertz CT molecular complexity index is 1550. The van der Waals surface area contributed by atoms with Crippen LogP contribution in [0.5, 0.6) is 17.2 Å². The number of rotatable bonds is 9. The van der Waals surface area contributed by atoms with Gasteiger partial charge in [0.05, 0.1) is 28.8 Å². The van der Waals surface area contributed by atoms with Gasteiger partial charge in [-0.3, -0.25) is 14.4 Å². The molecule has 0 aromatic heterocycles. The first kappa shape index (κ1) is 30.0. The van der Waals surface area contributed by atoms with Crippen LogP contribution in [0, 0.1) is 5.92 Å². The molecule has 42 heavy (non-hydrogen) atoms. The Hall–Kier alpha value is -3.51. The number of nitrogens with zero attached hydrogens (tertiary/aromatic N) is 2. The van der Waals surface area contributed by atoms with Crippen LogP contribution in [0.1, 0.15) is 29.8 Å². The topological polar surface area (TPSA) is 118 Å². The van der Waals surface area contributed by atoms with E-state index < -0.39 is 22.2 Å². The number of para-hydroxylation sites is 1. The van der Waals surface area contributed by atoms with Crippen LogP contribution in [0.15, 0.2) is 65.6 Å². The number of anilines is 1. The van der Waals surface area contributed by atoms with Gasteiger partial charge in [-0.25, -0.2) is 8.42 Å². The molecule has 0 aliphatic carbocycles. The highest BCUT2D eigenvalue weighted by Crippen LogP contribution is 2.37. The fraction of sp³-hybridized carbons (Fsp3) is 0.367. The summed E-state index contributed by atoms with van der Waals surface area (Å²) in [5.74, 6) is 1.05. The quantitative estimate of drug-likeness (QED) is 0.367. The molecule has 224 valence electrons. The average Bonchev–Trinajstić information content (AvgIpc) is 3.43. The zero-order valence-corrected chi connectivity index (χ0v) is 25.2. The number of halogens is 1. The first-order valence-corrected chi connectivity index (χ1v) is 15.5. The molecule has 0 bridgehead atoms. The number of sulfonamides is 1. The molecular formula is C30H34ClN3O7S. The highest BCUT2D eigenvalue weighted by atomic mass is 35.5. The minimum absolute atomic E-state index is 0.0191. The molecule has 0 saturated carbocycles. The standard InChI is InChI=1S/C30H34ClN3O7S/c1-19-14-34(20(2)17-35)30(36)24-5-4-6-25(32-42(37,38)23-10-8-22(31)9-11-23)29(24)41-28(19)16-33(3)15-21-7-12-26-27(13-21)40-18-39-26/h4-13,19-20,28,32,35H,14-18H2,1-3H3/t19-,20-,28-/m1/s1. The van der Waals surface area contributed by atoms with Gasteiger partial charge < -0.3 is 24.2 Å². The van der Waals surface area contributed by atoms with Crippen molar-refractivity contribution in [1.29, 1.82) is 0 Å². The molecule has 0 radical (unpaired) electrons. The van der Waals surface area contributed by atoms with Crippen molar-refractivity contribution in [3.63, 3.8) is 0 Å². The predicted molar refractivity (Wildman–Crippen MR) is 159 cm³/mol. The van der Waals surface area contributed by atoms with Gasteiger partial charge >= 0.3 is 0 Å². The molecule has 3 aromatic rings. The lowest BCUT2D eigenvalue weighted by molar-refractivity contribution is 0.0344. The number of amides is 1. The van der Waals surface area contributed by atoms with E-state index in [2.05, 4.69) is 9.62 Å². The van der Waals surface area contributed by atoms with E-state index >= 15 is 0 Å². The number of ether oxygens (including phenoxy) is 3. The van der Waals surface area contributed by atoms with E-state index in [9.17, 15) is 18.3 Å². The number of likely N-dealkylation sites (N-methyl/N-ethyl adjacent to an activating group) is 1. The van der Waals surface area contributed by atoms with Crippen molar-refractivity contribution in [3.05, 3.63) is 76.8 Å². The third kappa shape index (κ3) is 6.44. The lowest BCUT2D eigenvalue weighted by atomic mass is 9.99. The molecule has 3 aromatic carbocycles. The second-order valence-electron chi connectivity index (χ2n) is 10.7. The van der Waals surface area contributed by atoms with E-state index in [1.54, 1.807) is 30.0 Å². The van der Waals surface area contributed by atoms with Gasteiger partial charge in [-0.15, -0.1) is 0 Å². The van der Waals surface area contributed by atoms with Gasteiger partial charge in [-0.05, 0) is 68.1 Å². The van der Waals surface area contributed by atoms with Gasteiger partial charge in [0.15, 0.2) is 17.2 Å². The predicted octanol–water partition coefficient (Wildman–Crippen LogP) is 4.22. The molecule has 5 rings (SSSR count). The minimum Gasteiger partial charge on any atom is -0.486 e. The van der Waals surface area contributed by atoms with Crippen molar-refractivity contribution in [2.45, 2.75) is 37.4 Å². The Morgan fingerprint density at radius 1 is 1.12 bits per heavy atom. The van der Waals surface area contributed by atoms with Crippen LogP contribution in [-0.4, -0.2) is 74.9 Å². The maximum atomic E-state index is 13.7. The first-order valence-electron chi connectivity index (χ1n) is 13.6. The number of fused-ring (bicyclic) bond motifs is 2. The fourth-order valence-electron chi connectivity index (χ4n) is 5.08. The number of aliphatic hydroxyl groups is 1. The Morgan fingerprint density at radius 2 is 1.86 bits per heavy atom. The summed E-state index contributed by atoms with van der Waals surface area (Å²) in [7, 11) is -2.06. The van der Waals surface area contributed by atoms with Crippen LogP contribution in [0.2, 0.25) is 5.02 Å². The molecule has 0 saturated heterocycles. The highest BCUT2D eigenvalue weighted by molar-refractivity contribution is 7.92. The molecule has 3 atom stereocenters. The zero-order valence-electron chi connectivity index (χ0n) is 23.6. The summed E-state index contributed by atoms with van der Waals surface area (Å²) in [5.41, 5.74) is 1.38. The maximum Gasteiger partial charge on any atom is 0.262 e. The molecule has 2 N–H and O–H groups in total. The number of hydrogen-bond donors (Lipinski definition) is 2. The van der Waals surface area contributed by atoms with Gasteiger partial charge in [0.2, 0.25) is 6.79 Å². The van der Waals surface area contributed by atoms with E-state index in [0.29, 0.717) is 36.2 Å². The van der Waals surface area contributed by atoms with Gasteiger partial charge in [-0.1, -0.05) is 30.7 Å². The van der Waals surface area contributed by atoms with Gasteiger partial charge in [0, 0.05) is 30.6 Å².